The van der Waals surface area contributed by atoms with Gasteiger partial charge in [0.25, 0.3) is 0 Å². The summed E-state index contributed by atoms with van der Waals surface area (Å²) in [5, 5.41) is 15.8. The van der Waals surface area contributed by atoms with Crippen molar-refractivity contribution in [1.82, 2.24) is 24.7 Å². The first-order valence-electron chi connectivity index (χ1n) is 9.86. The molecule has 3 aromatic heterocycles. The van der Waals surface area contributed by atoms with E-state index in [1.807, 2.05) is 0 Å². The van der Waals surface area contributed by atoms with Crippen molar-refractivity contribution in [2.45, 2.75) is 43.8 Å². The first-order valence-corrected chi connectivity index (χ1v) is 9.86. The smallest absolute Gasteiger partial charge is 0.396 e. The normalized spacial score (nSPS) is 18.4. The van der Waals surface area contributed by atoms with Crippen LogP contribution in [0.5, 0.6) is 0 Å². The molecule has 1 atom stereocenters. The van der Waals surface area contributed by atoms with Crippen molar-refractivity contribution in [3.05, 3.63) is 23.6 Å². The number of fused-ring (bicyclic) bond motifs is 2. The van der Waals surface area contributed by atoms with Crippen LogP contribution in [0.1, 0.15) is 25.3 Å². The van der Waals surface area contributed by atoms with Gasteiger partial charge in [-0.05, 0) is 19.4 Å². The van der Waals surface area contributed by atoms with Gasteiger partial charge in [0.05, 0.1) is 22.6 Å². The summed E-state index contributed by atoms with van der Waals surface area (Å²) in [6.07, 6.45) is -6.60. The number of carbonyl (C=O) groups excluding carboxylic acids is 1. The largest absolute Gasteiger partial charge is 0.453 e. The third-order valence-electron chi connectivity index (χ3n) is 5.65. The number of nitrogens with zero attached hydrogens (tertiary/aromatic N) is 5. The molecule has 34 heavy (non-hydrogen) atoms. The number of carbonyl (C=O) groups is 1. The molecule has 0 spiro atoms. The van der Waals surface area contributed by atoms with Crippen LogP contribution in [0, 0.1) is 5.82 Å². The fourth-order valence-corrected chi connectivity index (χ4v) is 3.78. The van der Waals surface area contributed by atoms with E-state index in [0.29, 0.717) is 0 Å². The Morgan fingerprint density at radius 2 is 1.94 bits per heavy atom. The summed E-state index contributed by atoms with van der Waals surface area (Å²) in [5.74, 6) is -6.67. The second-order valence-electron chi connectivity index (χ2n) is 7.96. The Balaban J connectivity index is 1.81. The Bertz CT molecular complexity index is 1290. The zero-order valence-electron chi connectivity index (χ0n) is 17.4. The number of anilines is 2. The Labute approximate surface area is 187 Å². The summed E-state index contributed by atoms with van der Waals surface area (Å²) in [6, 6.07) is 0.949. The minimum Gasteiger partial charge on any atom is -0.396 e. The van der Waals surface area contributed by atoms with E-state index in [1.165, 1.54) is 6.92 Å². The first-order chi connectivity index (χ1) is 15.8. The van der Waals surface area contributed by atoms with Gasteiger partial charge in [-0.3, -0.25) is 4.79 Å². The summed E-state index contributed by atoms with van der Waals surface area (Å²) < 4.78 is 79.2. The summed E-state index contributed by atoms with van der Waals surface area (Å²) in [4.78, 5) is 24.5. The second kappa shape index (κ2) is 7.78. The number of rotatable bonds is 6. The van der Waals surface area contributed by atoms with Crippen molar-refractivity contribution >= 4 is 28.6 Å². The lowest BCUT2D eigenvalue weighted by Gasteiger charge is -2.21. The number of nitrogen functional groups attached to an aromatic ring is 1. The topological polar surface area (TPSA) is 132 Å². The molecule has 15 heteroatoms. The van der Waals surface area contributed by atoms with Crippen molar-refractivity contribution in [3.63, 3.8) is 0 Å². The molecular weight excluding hydrogens is 472 g/mol. The lowest BCUT2D eigenvalue weighted by atomic mass is 9.81. The van der Waals surface area contributed by atoms with Crippen molar-refractivity contribution in [2.24, 2.45) is 0 Å². The van der Waals surface area contributed by atoms with E-state index < -0.39 is 42.2 Å². The van der Waals surface area contributed by atoms with E-state index in [4.69, 9.17) is 5.73 Å². The van der Waals surface area contributed by atoms with E-state index in [0.717, 1.165) is 16.9 Å². The third kappa shape index (κ3) is 3.69. The Kier molecular flexibility index (Phi) is 5.42. The molecule has 9 nitrogen and oxygen atoms in total. The maximum atomic E-state index is 13.9. The lowest BCUT2D eigenvalue weighted by Crippen LogP contribution is -2.37. The molecule has 0 saturated heterocycles. The molecule has 4 heterocycles. The summed E-state index contributed by atoms with van der Waals surface area (Å²) in [5.41, 5.74) is 4.70. The molecule has 1 aliphatic heterocycles. The van der Waals surface area contributed by atoms with E-state index in [-0.39, 0.29) is 52.8 Å². The number of amides is 1. The highest BCUT2D eigenvalue weighted by Crippen LogP contribution is 2.43. The first kappa shape index (κ1) is 23.7. The van der Waals surface area contributed by atoms with Crippen LogP contribution in [0.15, 0.2) is 12.3 Å². The molecule has 0 saturated carbocycles. The van der Waals surface area contributed by atoms with Crippen LogP contribution in [-0.4, -0.2) is 54.5 Å². The van der Waals surface area contributed by atoms with Gasteiger partial charge in [-0.25, -0.2) is 24.0 Å². The number of halogens is 6. The lowest BCUT2D eigenvalue weighted by molar-refractivity contribution is -0.285. The van der Waals surface area contributed by atoms with Crippen molar-refractivity contribution in [2.75, 3.05) is 17.7 Å². The van der Waals surface area contributed by atoms with Gasteiger partial charge in [0.15, 0.2) is 11.5 Å². The fourth-order valence-electron chi connectivity index (χ4n) is 3.78. The highest BCUT2D eigenvalue weighted by atomic mass is 19.4. The van der Waals surface area contributed by atoms with Gasteiger partial charge in [0, 0.05) is 19.6 Å². The average Bonchev–Trinajstić information content (AvgIpc) is 3.20. The van der Waals surface area contributed by atoms with Crippen molar-refractivity contribution in [3.8, 4) is 11.5 Å². The zero-order valence-corrected chi connectivity index (χ0v) is 17.4. The van der Waals surface area contributed by atoms with Gasteiger partial charge in [0.2, 0.25) is 5.91 Å². The molecule has 3 aromatic rings. The van der Waals surface area contributed by atoms with E-state index in [1.54, 1.807) is 0 Å². The minimum atomic E-state index is -5.75. The Morgan fingerprint density at radius 3 is 2.59 bits per heavy atom. The van der Waals surface area contributed by atoms with Crippen molar-refractivity contribution < 1.29 is 36.2 Å². The molecule has 0 aliphatic carbocycles. The predicted molar refractivity (Wildman–Crippen MR) is 106 cm³/mol. The molecule has 0 fully saturated rings. The molecule has 0 aromatic carbocycles. The number of nitrogens with one attached hydrogen (secondary N) is 1. The molecule has 1 aliphatic rings. The van der Waals surface area contributed by atoms with Crippen LogP contribution < -0.4 is 11.1 Å². The Hall–Kier alpha value is -3.49. The third-order valence-corrected chi connectivity index (χ3v) is 5.65. The van der Waals surface area contributed by atoms with Crippen LogP contribution in [0.4, 0.5) is 38.0 Å². The highest BCUT2D eigenvalue weighted by Gasteiger charge is 2.56. The number of aliphatic hydroxyl groups is 1. The predicted octanol–water partition coefficient (Wildman–Crippen LogP) is 2.79. The standard InChI is InChI=1S/C19H17F6N7O2/c1-17(3-5-33)10-12(26)28-14(29-13(10)30-16(17)34)11-9-6-8(20)7-27-15(9)32(31-11)4-2-18(21,22)19(23,24)25/h6-7,33H,2-5H2,1H3,(H3,26,28,29,30,34). The van der Waals surface area contributed by atoms with Crippen LogP contribution in [0.3, 0.4) is 0 Å². The van der Waals surface area contributed by atoms with E-state index >= 15 is 0 Å². The highest BCUT2D eigenvalue weighted by molar-refractivity contribution is 6.06. The molecule has 0 bridgehead atoms. The molecule has 182 valence electrons. The number of aromatic nitrogens is 5. The Morgan fingerprint density at radius 1 is 1.24 bits per heavy atom. The summed E-state index contributed by atoms with van der Waals surface area (Å²) >= 11 is 0. The van der Waals surface area contributed by atoms with Gasteiger partial charge in [-0.15, -0.1) is 0 Å². The summed E-state index contributed by atoms with van der Waals surface area (Å²) in [7, 11) is 0. The van der Waals surface area contributed by atoms with Crippen LogP contribution >= 0.6 is 0 Å². The number of pyridine rings is 1. The number of hydrogen-bond acceptors (Lipinski definition) is 7. The molecule has 0 radical (unpaired) electrons. The monoisotopic (exact) mass is 489 g/mol. The second-order valence-corrected chi connectivity index (χ2v) is 7.96. The van der Waals surface area contributed by atoms with Gasteiger partial charge >= 0.3 is 12.1 Å². The zero-order chi connectivity index (χ0) is 25.1. The van der Waals surface area contributed by atoms with E-state index in [2.05, 4.69) is 25.4 Å². The SMILES string of the molecule is CC1(CCO)C(=O)Nc2nc(-c3nn(CCC(F)(F)C(F)(F)F)c4ncc(F)cc34)nc(N)c21. The minimum absolute atomic E-state index is 0.0131. The molecule has 1 amide bonds. The number of aliphatic hydroxyl groups excluding tert-OH is 1. The van der Waals surface area contributed by atoms with Crippen LogP contribution in [0.2, 0.25) is 0 Å². The number of alkyl halides is 5. The average molecular weight is 489 g/mol. The maximum absolute atomic E-state index is 13.9. The number of aryl methyl sites for hydroxylation is 1. The quantitative estimate of drug-likeness (QED) is 0.454. The van der Waals surface area contributed by atoms with Gasteiger partial charge in [-0.2, -0.15) is 27.1 Å². The van der Waals surface area contributed by atoms with Gasteiger partial charge in [0.1, 0.15) is 23.1 Å². The maximum Gasteiger partial charge on any atom is 0.453 e. The fraction of sp³-hybridized carbons (Fsp3) is 0.421. The summed E-state index contributed by atoms with van der Waals surface area (Å²) in [6.45, 7) is 0.314. The van der Waals surface area contributed by atoms with Gasteiger partial charge in [-0.1, -0.05) is 0 Å². The van der Waals surface area contributed by atoms with Crippen molar-refractivity contribution in [1.29, 1.82) is 0 Å². The van der Waals surface area contributed by atoms with E-state index in [9.17, 15) is 36.2 Å². The molecular formula is C19H17F6N7O2. The number of hydrogen-bond donors (Lipinski definition) is 3. The van der Waals surface area contributed by atoms with Gasteiger partial charge < -0.3 is 16.2 Å². The number of nitrogens with two attached hydrogens (primary N) is 1. The molecule has 4 rings (SSSR count). The molecule has 1 unspecified atom stereocenters. The molecule has 4 N–H and O–H groups in total. The van der Waals surface area contributed by atoms with Crippen LogP contribution in [0.25, 0.3) is 22.6 Å². The van der Waals surface area contributed by atoms with Crippen LogP contribution in [-0.2, 0) is 16.8 Å².